The minimum Gasteiger partial charge on any atom is -0.498 e. The zero-order chi connectivity index (χ0) is 16.3. The summed E-state index contributed by atoms with van der Waals surface area (Å²) >= 11 is 0. The van der Waals surface area contributed by atoms with Crippen LogP contribution in [-0.4, -0.2) is 24.2 Å². The van der Waals surface area contributed by atoms with Crippen LogP contribution < -0.4 is 5.32 Å². The van der Waals surface area contributed by atoms with Crippen molar-refractivity contribution in [3.63, 3.8) is 0 Å². The number of carbonyl (C=O) groups excluding carboxylic acids is 1. The zero-order valence-corrected chi connectivity index (χ0v) is 12.0. The first-order chi connectivity index (χ1) is 10.4. The maximum Gasteiger partial charge on any atom is 0.251 e. The lowest BCUT2D eigenvalue weighted by molar-refractivity contribution is -0.119. The largest absolute Gasteiger partial charge is 0.498 e. The Hall–Kier alpha value is -2.02. The third kappa shape index (κ3) is 3.41. The van der Waals surface area contributed by atoms with E-state index in [1.807, 2.05) is 0 Å². The quantitative estimate of drug-likeness (QED) is 0.839. The van der Waals surface area contributed by atoms with Gasteiger partial charge in [0.25, 0.3) is 5.91 Å². The van der Waals surface area contributed by atoms with Gasteiger partial charge in [0.1, 0.15) is 5.76 Å². The Morgan fingerprint density at radius 2 is 2.00 bits per heavy atom. The smallest absolute Gasteiger partial charge is 0.251 e. The van der Waals surface area contributed by atoms with Gasteiger partial charge in [0.15, 0.2) is 17.5 Å². The van der Waals surface area contributed by atoms with Crippen molar-refractivity contribution in [1.29, 1.82) is 0 Å². The molecule has 0 spiro atoms. The van der Waals surface area contributed by atoms with Crippen LogP contribution in [0.15, 0.2) is 23.5 Å². The number of carbonyl (C=O) groups is 1. The van der Waals surface area contributed by atoms with Gasteiger partial charge in [0, 0.05) is 0 Å². The van der Waals surface area contributed by atoms with Gasteiger partial charge in [0.2, 0.25) is 0 Å². The molecule has 2 N–H and O–H groups in total. The molecule has 0 radical (unpaired) electrons. The molecule has 4 nitrogen and oxygen atoms in total. The van der Waals surface area contributed by atoms with Crippen molar-refractivity contribution in [2.75, 3.05) is 13.2 Å². The van der Waals surface area contributed by atoms with Gasteiger partial charge < -0.3 is 15.2 Å². The molecule has 1 unspecified atom stereocenters. The highest BCUT2D eigenvalue weighted by Gasteiger charge is 2.23. The Kier molecular flexibility index (Phi) is 5.07. The maximum absolute atomic E-state index is 13.3. The van der Waals surface area contributed by atoms with E-state index in [4.69, 9.17) is 4.74 Å². The molecule has 1 aliphatic heterocycles. The van der Waals surface area contributed by atoms with Crippen molar-refractivity contribution in [3.8, 4) is 0 Å². The molecule has 1 aliphatic rings. The van der Waals surface area contributed by atoms with Gasteiger partial charge in [-0.25, -0.2) is 13.2 Å². The highest BCUT2D eigenvalue weighted by molar-refractivity contribution is 5.94. The van der Waals surface area contributed by atoms with Crippen molar-refractivity contribution < 1.29 is 27.8 Å². The molecule has 1 heterocycles. The van der Waals surface area contributed by atoms with Crippen LogP contribution in [0.5, 0.6) is 0 Å². The second kappa shape index (κ2) is 6.83. The molecule has 120 valence electrons. The number of benzene rings is 1. The van der Waals surface area contributed by atoms with Crippen LogP contribution in [0.3, 0.4) is 0 Å². The van der Waals surface area contributed by atoms with Crippen LogP contribution >= 0.6 is 0 Å². The monoisotopic (exact) mass is 315 g/mol. The summed E-state index contributed by atoms with van der Waals surface area (Å²) in [4.78, 5) is 12.2. The first-order valence-corrected chi connectivity index (χ1v) is 6.82. The van der Waals surface area contributed by atoms with E-state index in [1.54, 1.807) is 6.92 Å². The predicted octanol–water partition coefficient (Wildman–Crippen LogP) is 2.34. The molecule has 0 fully saturated rings. The molecule has 7 heteroatoms. The maximum atomic E-state index is 13.3. The number of amides is 1. The fourth-order valence-corrected chi connectivity index (χ4v) is 2.27. The van der Waals surface area contributed by atoms with Crippen molar-refractivity contribution >= 4 is 5.91 Å². The van der Waals surface area contributed by atoms with Crippen LogP contribution in [0, 0.1) is 17.5 Å². The highest BCUT2D eigenvalue weighted by atomic mass is 19.2. The average Bonchev–Trinajstić information content (AvgIpc) is 2.50. The number of nitrogens with one attached hydrogen (secondary N) is 1. The Bertz CT molecular complexity index is 593. The lowest BCUT2D eigenvalue weighted by Crippen LogP contribution is -2.33. The molecular formula is C15H16F3NO3. The van der Waals surface area contributed by atoms with E-state index in [1.165, 1.54) is 0 Å². The first kappa shape index (κ1) is 16.4. The normalized spacial score (nSPS) is 16.2. The van der Waals surface area contributed by atoms with Crippen molar-refractivity contribution in [2.45, 2.75) is 25.8 Å². The number of halogens is 3. The molecule has 1 aromatic carbocycles. The summed E-state index contributed by atoms with van der Waals surface area (Å²) in [5, 5.41) is 11.8. The number of hydrogen-bond acceptors (Lipinski definition) is 3. The van der Waals surface area contributed by atoms with Gasteiger partial charge in [0.05, 0.1) is 24.8 Å². The Morgan fingerprint density at radius 3 is 2.55 bits per heavy atom. The van der Waals surface area contributed by atoms with E-state index in [0.29, 0.717) is 30.8 Å². The number of hydrogen-bond donors (Lipinski definition) is 2. The van der Waals surface area contributed by atoms with E-state index in [2.05, 4.69) is 5.32 Å². The minimum atomic E-state index is -1.59. The van der Waals surface area contributed by atoms with Gasteiger partial charge in [-0.2, -0.15) is 0 Å². The summed E-state index contributed by atoms with van der Waals surface area (Å²) in [6.07, 6.45) is 1.20. The van der Waals surface area contributed by atoms with Crippen LogP contribution in [0.4, 0.5) is 13.2 Å². The fraction of sp³-hybridized carbons (Fsp3) is 0.400. The van der Waals surface area contributed by atoms with E-state index in [9.17, 15) is 23.1 Å². The van der Waals surface area contributed by atoms with Gasteiger partial charge in [-0.3, -0.25) is 4.79 Å². The SMILES string of the molecule is CC1=C(C(=O)NC(CO)c2cc(F)c(F)c(F)c2)CCCO1. The second-order valence-corrected chi connectivity index (χ2v) is 4.99. The Morgan fingerprint density at radius 1 is 1.36 bits per heavy atom. The lowest BCUT2D eigenvalue weighted by atomic mass is 10.0. The van der Waals surface area contributed by atoms with Crippen molar-refractivity contribution in [2.24, 2.45) is 0 Å². The van der Waals surface area contributed by atoms with Gasteiger partial charge in [-0.15, -0.1) is 0 Å². The van der Waals surface area contributed by atoms with Crippen LogP contribution in [0.25, 0.3) is 0 Å². The van der Waals surface area contributed by atoms with Gasteiger partial charge in [-0.05, 0) is 37.5 Å². The standard InChI is InChI=1S/C15H16F3NO3/c1-8-10(3-2-4-22-8)15(21)19-13(7-20)9-5-11(16)14(18)12(17)6-9/h5-6,13,20H,2-4,7H2,1H3,(H,19,21). The third-order valence-electron chi connectivity index (χ3n) is 3.49. The van der Waals surface area contributed by atoms with E-state index in [0.717, 1.165) is 12.1 Å². The van der Waals surface area contributed by atoms with Gasteiger partial charge in [-0.1, -0.05) is 0 Å². The van der Waals surface area contributed by atoms with Gasteiger partial charge >= 0.3 is 0 Å². The van der Waals surface area contributed by atoms with E-state index >= 15 is 0 Å². The van der Waals surface area contributed by atoms with Crippen molar-refractivity contribution in [1.82, 2.24) is 5.32 Å². The van der Waals surface area contributed by atoms with Crippen LogP contribution in [-0.2, 0) is 9.53 Å². The predicted molar refractivity (Wildman–Crippen MR) is 72.2 cm³/mol. The fourth-order valence-electron chi connectivity index (χ4n) is 2.27. The Balaban J connectivity index is 2.21. The number of aliphatic hydroxyl groups is 1. The molecule has 1 aromatic rings. The molecule has 0 aromatic heterocycles. The van der Waals surface area contributed by atoms with Crippen molar-refractivity contribution in [3.05, 3.63) is 46.5 Å². The molecule has 0 bridgehead atoms. The molecule has 1 amide bonds. The average molecular weight is 315 g/mol. The number of allylic oxidation sites excluding steroid dienone is 1. The van der Waals surface area contributed by atoms with E-state index in [-0.39, 0.29) is 5.56 Å². The van der Waals surface area contributed by atoms with E-state index < -0.39 is 36.0 Å². The molecule has 22 heavy (non-hydrogen) atoms. The summed E-state index contributed by atoms with van der Waals surface area (Å²) in [5.74, 6) is -4.34. The number of ether oxygens (including phenoxy) is 1. The molecule has 2 rings (SSSR count). The second-order valence-electron chi connectivity index (χ2n) is 4.99. The lowest BCUT2D eigenvalue weighted by Gasteiger charge is -2.22. The summed E-state index contributed by atoms with van der Waals surface area (Å²) in [5.41, 5.74) is 0.370. The topological polar surface area (TPSA) is 58.6 Å². The highest BCUT2D eigenvalue weighted by Crippen LogP contribution is 2.22. The molecule has 0 aliphatic carbocycles. The Labute approximate surface area is 125 Å². The van der Waals surface area contributed by atoms with Crippen LogP contribution in [0.1, 0.15) is 31.4 Å². The minimum absolute atomic E-state index is 0.0535. The molecule has 0 saturated heterocycles. The first-order valence-electron chi connectivity index (χ1n) is 6.82. The molecule has 1 atom stereocenters. The summed E-state index contributed by atoms with van der Waals surface area (Å²) in [7, 11) is 0. The summed E-state index contributed by atoms with van der Waals surface area (Å²) in [6.45, 7) is 1.60. The molecule has 0 saturated carbocycles. The molecular weight excluding hydrogens is 299 g/mol. The number of aliphatic hydroxyl groups excluding tert-OH is 1. The summed E-state index contributed by atoms with van der Waals surface area (Å²) < 4.78 is 44.7. The zero-order valence-electron chi connectivity index (χ0n) is 12.0. The number of rotatable bonds is 4. The third-order valence-corrected chi connectivity index (χ3v) is 3.49. The summed E-state index contributed by atoms with van der Waals surface area (Å²) in [6, 6.07) is 0.454. The van der Waals surface area contributed by atoms with Crippen LogP contribution in [0.2, 0.25) is 0 Å².